The van der Waals surface area contributed by atoms with E-state index in [2.05, 4.69) is 4.98 Å². The van der Waals surface area contributed by atoms with E-state index in [1.54, 1.807) is 12.1 Å². The summed E-state index contributed by atoms with van der Waals surface area (Å²) in [6.07, 6.45) is -1.15. The first-order valence-electron chi connectivity index (χ1n) is 8.08. The second kappa shape index (κ2) is 6.97. The number of benzene rings is 1. The molecule has 5 nitrogen and oxygen atoms in total. The maximum absolute atomic E-state index is 13.0. The Labute approximate surface area is 154 Å². The van der Waals surface area contributed by atoms with Gasteiger partial charge in [-0.05, 0) is 59.7 Å². The van der Waals surface area contributed by atoms with Gasteiger partial charge < -0.3 is 4.74 Å². The van der Waals surface area contributed by atoms with Gasteiger partial charge in [0.05, 0.1) is 12.0 Å². The van der Waals surface area contributed by atoms with Crippen molar-refractivity contribution in [3.63, 3.8) is 0 Å². The molecule has 0 bridgehead atoms. The predicted molar refractivity (Wildman–Crippen MR) is 94.3 cm³/mol. The Bertz CT molecular complexity index is 998. The highest BCUT2D eigenvalue weighted by Gasteiger charge is 2.36. The Hall–Kier alpha value is -2.39. The third-order valence-electron chi connectivity index (χ3n) is 4.44. The molecule has 1 heterocycles. The van der Waals surface area contributed by atoms with Crippen molar-refractivity contribution >= 4 is 21.2 Å². The van der Waals surface area contributed by atoms with Crippen molar-refractivity contribution in [3.05, 3.63) is 53.3 Å². The van der Waals surface area contributed by atoms with Crippen molar-refractivity contribution < 1.29 is 26.3 Å². The highest BCUT2D eigenvalue weighted by atomic mass is 32.2. The highest BCUT2D eigenvalue weighted by Crippen LogP contribution is 2.42. The van der Waals surface area contributed by atoms with Crippen LogP contribution in [0.1, 0.15) is 36.1 Å². The summed E-state index contributed by atoms with van der Waals surface area (Å²) < 4.78 is 66.7. The minimum absolute atomic E-state index is 0.00395. The van der Waals surface area contributed by atoms with E-state index in [1.165, 1.54) is 31.5 Å². The molecular formula is C18H17F3N2O3S. The van der Waals surface area contributed by atoms with Crippen LogP contribution in [0, 0.1) is 0 Å². The smallest absolute Gasteiger partial charge is 0.437 e. The van der Waals surface area contributed by atoms with Crippen LogP contribution >= 0.6 is 0 Å². The van der Waals surface area contributed by atoms with Gasteiger partial charge in [-0.15, -0.1) is 0 Å². The number of pyridine rings is 1. The molecule has 9 heteroatoms. The molecule has 0 amide bonds. The van der Waals surface area contributed by atoms with Crippen molar-refractivity contribution in [3.8, 4) is 5.75 Å². The van der Waals surface area contributed by atoms with Gasteiger partial charge >= 0.3 is 6.18 Å². The highest BCUT2D eigenvalue weighted by molar-refractivity contribution is 7.89. The lowest BCUT2D eigenvalue weighted by Crippen LogP contribution is -2.11. The molecule has 0 atom stereocenters. The number of sulfonamides is 1. The van der Waals surface area contributed by atoms with E-state index >= 15 is 0 Å². The molecule has 0 saturated heterocycles. The number of halogens is 3. The first-order chi connectivity index (χ1) is 12.6. The zero-order valence-electron chi connectivity index (χ0n) is 14.4. The van der Waals surface area contributed by atoms with Crippen molar-refractivity contribution in [2.24, 2.45) is 5.14 Å². The third kappa shape index (κ3) is 3.98. The molecule has 0 radical (unpaired) electrons. The van der Waals surface area contributed by atoms with Crippen molar-refractivity contribution in [2.75, 3.05) is 7.11 Å². The van der Waals surface area contributed by atoms with Crippen LogP contribution in [-0.4, -0.2) is 20.5 Å². The summed E-state index contributed by atoms with van der Waals surface area (Å²) >= 11 is 0. The largest absolute Gasteiger partial charge is 0.494 e. The summed E-state index contributed by atoms with van der Waals surface area (Å²) in [5, 5.41) is 5.11. The van der Waals surface area contributed by atoms with E-state index in [-0.39, 0.29) is 10.6 Å². The van der Waals surface area contributed by atoms with Crippen LogP contribution in [0.2, 0.25) is 0 Å². The predicted octanol–water partition coefficient (Wildman–Crippen LogP) is 3.85. The number of methoxy groups -OCH3 is 1. The Morgan fingerprint density at radius 1 is 1.07 bits per heavy atom. The molecular weight excluding hydrogens is 381 g/mol. The Kier molecular flexibility index (Phi) is 5.00. The van der Waals surface area contributed by atoms with E-state index in [1.807, 2.05) is 0 Å². The van der Waals surface area contributed by atoms with Gasteiger partial charge in [0.15, 0.2) is 5.69 Å². The van der Waals surface area contributed by atoms with Crippen molar-refractivity contribution in [2.45, 2.75) is 30.3 Å². The van der Waals surface area contributed by atoms with E-state index in [0.717, 1.165) is 29.6 Å². The number of nitrogens with zero attached hydrogens (tertiary/aromatic N) is 1. The average Bonchev–Trinajstić information content (AvgIpc) is 3.09. The number of rotatable bonds is 4. The van der Waals surface area contributed by atoms with Crippen LogP contribution in [0.15, 0.2) is 41.4 Å². The standard InChI is InChI=1S/C18H17F3N2O3S/c1-26-16-9-12(10-23-17(16)18(19,20)21)15-4-2-3-14(15)11-5-7-13(8-6-11)27(22,24)25/h5-10H,2-4H2,1H3,(H2,22,24,25). The first-order valence-corrected chi connectivity index (χ1v) is 9.63. The number of hydrogen-bond donors (Lipinski definition) is 1. The molecule has 1 aliphatic rings. The van der Waals surface area contributed by atoms with Gasteiger partial charge in [-0.25, -0.2) is 18.5 Å². The van der Waals surface area contributed by atoms with Crippen LogP contribution in [0.3, 0.4) is 0 Å². The van der Waals surface area contributed by atoms with Crippen LogP contribution in [0.5, 0.6) is 5.75 Å². The number of primary sulfonamides is 1. The Morgan fingerprint density at radius 2 is 1.67 bits per heavy atom. The first kappa shape index (κ1) is 19.4. The number of hydrogen-bond acceptors (Lipinski definition) is 4. The molecule has 2 aromatic rings. The SMILES string of the molecule is COc1cc(C2=C(c3ccc(S(N)(=O)=O)cc3)CCC2)cnc1C(F)(F)F. The van der Waals surface area contributed by atoms with E-state index in [9.17, 15) is 21.6 Å². The molecule has 27 heavy (non-hydrogen) atoms. The van der Waals surface area contributed by atoms with Crippen molar-refractivity contribution in [1.82, 2.24) is 4.98 Å². The Morgan fingerprint density at radius 3 is 2.19 bits per heavy atom. The minimum Gasteiger partial charge on any atom is -0.494 e. The second-order valence-electron chi connectivity index (χ2n) is 6.15. The van der Waals surface area contributed by atoms with Crippen LogP contribution in [0.25, 0.3) is 11.1 Å². The van der Waals surface area contributed by atoms with Crippen molar-refractivity contribution in [1.29, 1.82) is 0 Å². The Balaban J connectivity index is 2.05. The molecule has 0 fully saturated rings. The number of alkyl halides is 3. The molecule has 3 rings (SSSR count). The fraction of sp³-hybridized carbons (Fsp3) is 0.278. The second-order valence-corrected chi connectivity index (χ2v) is 7.71. The summed E-state index contributed by atoms with van der Waals surface area (Å²) in [5.74, 6) is -0.330. The van der Waals surface area contributed by atoms with Gasteiger partial charge in [0.2, 0.25) is 10.0 Å². The maximum atomic E-state index is 13.0. The lowest BCUT2D eigenvalue weighted by atomic mass is 9.98. The number of ether oxygens (including phenoxy) is 1. The fourth-order valence-corrected chi connectivity index (χ4v) is 3.72. The molecule has 1 aromatic heterocycles. The van der Waals surface area contributed by atoms with E-state index in [0.29, 0.717) is 12.0 Å². The number of aromatic nitrogens is 1. The van der Waals surface area contributed by atoms with Crippen LogP contribution < -0.4 is 9.88 Å². The molecule has 1 aromatic carbocycles. The molecule has 0 spiro atoms. The number of allylic oxidation sites excluding steroid dienone is 2. The molecule has 0 unspecified atom stereocenters. The zero-order chi connectivity index (χ0) is 19.8. The van der Waals surface area contributed by atoms with E-state index in [4.69, 9.17) is 9.88 Å². The van der Waals surface area contributed by atoms with E-state index < -0.39 is 21.9 Å². The molecule has 1 aliphatic carbocycles. The van der Waals surface area contributed by atoms with Gasteiger partial charge in [-0.3, -0.25) is 0 Å². The summed E-state index contributed by atoms with van der Waals surface area (Å²) in [6.45, 7) is 0. The lowest BCUT2D eigenvalue weighted by molar-refractivity contribution is -0.142. The van der Waals surface area contributed by atoms with Gasteiger partial charge in [-0.2, -0.15) is 13.2 Å². The molecule has 0 saturated carbocycles. The molecule has 0 aliphatic heterocycles. The topological polar surface area (TPSA) is 82.3 Å². The monoisotopic (exact) mass is 398 g/mol. The average molecular weight is 398 g/mol. The summed E-state index contributed by atoms with van der Waals surface area (Å²) in [6, 6.07) is 7.47. The maximum Gasteiger partial charge on any atom is 0.437 e. The molecule has 2 N–H and O–H groups in total. The summed E-state index contributed by atoms with van der Waals surface area (Å²) in [7, 11) is -2.61. The summed E-state index contributed by atoms with van der Waals surface area (Å²) in [4.78, 5) is 3.56. The van der Waals surface area contributed by atoms with Gasteiger partial charge in [0.1, 0.15) is 5.75 Å². The minimum atomic E-state index is -4.60. The van der Waals surface area contributed by atoms with Crippen LogP contribution in [-0.2, 0) is 16.2 Å². The zero-order valence-corrected chi connectivity index (χ0v) is 15.2. The third-order valence-corrected chi connectivity index (χ3v) is 5.37. The van der Waals surface area contributed by atoms with Gasteiger partial charge in [0.25, 0.3) is 0 Å². The van der Waals surface area contributed by atoms with Gasteiger partial charge in [0, 0.05) is 6.20 Å². The van der Waals surface area contributed by atoms with Gasteiger partial charge in [-0.1, -0.05) is 12.1 Å². The summed E-state index contributed by atoms with van der Waals surface area (Å²) in [5.41, 5.74) is 2.11. The number of nitrogens with two attached hydrogens (primary N) is 1. The lowest BCUT2D eigenvalue weighted by Gasteiger charge is -2.14. The normalized spacial score (nSPS) is 15.3. The van der Waals surface area contributed by atoms with Crippen LogP contribution in [0.4, 0.5) is 13.2 Å². The fourth-order valence-electron chi connectivity index (χ4n) is 3.20. The molecule has 144 valence electrons. The quantitative estimate of drug-likeness (QED) is 0.848.